The standard InChI is InChI=1S/C30H22NO/c1-32-25-17-15-22(16-18-25)30-27-14-8-6-12-24(27)20-29-26-13-7-5-11-23(26)19-28(31(29)30)21-9-3-2-4-10-21/h2-20H,1H3/q+1. The molecule has 0 spiro atoms. The molecule has 0 aliphatic carbocycles. The van der Waals surface area contributed by atoms with Gasteiger partial charge < -0.3 is 4.74 Å². The fraction of sp³-hybridized carbons (Fsp3) is 0.0333. The lowest BCUT2D eigenvalue weighted by Crippen LogP contribution is -2.29. The number of hydrogen-bond acceptors (Lipinski definition) is 1. The van der Waals surface area contributed by atoms with Gasteiger partial charge >= 0.3 is 0 Å². The zero-order valence-electron chi connectivity index (χ0n) is 17.8. The monoisotopic (exact) mass is 412 g/mol. The van der Waals surface area contributed by atoms with Gasteiger partial charge in [0.15, 0.2) is 0 Å². The number of nitrogens with zero attached hydrogens (tertiary/aromatic N) is 1. The fourth-order valence-corrected chi connectivity index (χ4v) is 4.66. The predicted molar refractivity (Wildman–Crippen MR) is 132 cm³/mol. The summed E-state index contributed by atoms with van der Waals surface area (Å²) < 4.78 is 7.84. The van der Waals surface area contributed by atoms with E-state index in [1.807, 2.05) is 12.1 Å². The molecular formula is C30H22NO+. The largest absolute Gasteiger partial charge is 0.497 e. The topological polar surface area (TPSA) is 13.3 Å². The zero-order valence-corrected chi connectivity index (χ0v) is 17.8. The van der Waals surface area contributed by atoms with Gasteiger partial charge in [0.05, 0.1) is 17.9 Å². The van der Waals surface area contributed by atoms with Crippen LogP contribution >= 0.6 is 0 Å². The van der Waals surface area contributed by atoms with Crippen molar-refractivity contribution in [2.75, 3.05) is 7.11 Å². The Morgan fingerprint density at radius 1 is 0.562 bits per heavy atom. The van der Waals surface area contributed by atoms with Gasteiger partial charge in [-0.2, -0.15) is 4.40 Å². The molecule has 0 saturated heterocycles. The van der Waals surface area contributed by atoms with Crippen molar-refractivity contribution < 1.29 is 9.14 Å². The first-order valence-corrected chi connectivity index (χ1v) is 10.8. The molecule has 0 bridgehead atoms. The Morgan fingerprint density at radius 2 is 1.19 bits per heavy atom. The fourth-order valence-electron chi connectivity index (χ4n) is 4.66. The van der Waals surface area contributed by atoms with Crippen LogP contribution in [0.5, 0.6) is 5.75 Å². The lowest BCUT2D eigenvalue weighted by molar-refractivity contribution is -0.484. The number of hydrogen-bond donors (Lipinski definition) is 0. The third-order valence-corrected chi connectivity index (χ3v) is 6.18. The van der Waals surface area contributed by atoms with Crippen molar-refractivity contribution in [3.05, 3.63) is 115 Å². The number of aromatic nitrogens is 1. The molecule has 0 aliphatic rings. The van der Waals surface area contributed by atoms with Crippen molar-refractivity contribution >= 4 is 27.1 Å². The molecule has 2 nitrogen and oxygen atoms in total. The smallest absolute Gasteiger partial charge is 0.226 e. The van der Waals surface area contributed by atoms with Gasteiger partial charge in [0.2, 0.25) is 16.9 Å². The molecule has 2 heterocycles. The summed E-state index contributed by atoms with van der Waals surface area (Å²) in [4.78, 5) is 0. The summed E-state index contributed by atoms with van der Waals surface area (Å²) in [7, 11) is 1.71. The van der Waals surface area contributed by atoms with Crippen molar-refractivity contribution in [2.24, 2.45) is 0 Å². The molecule has 2 aromatic heterocycles. The van der Waals surface area contributed by atoms with Gasteiger partial charge in [0.1, 0.15) is 5.75 Å². The summed E-state index contributed by atoms with van der Waals surface area (Å²) in [6.45, 7) is 0. The van der Waals surface area contributed by atoms with Crippen LogP contribution in [-0.4, -0.2) is 7.11 Å². The highest BCUT2D eigenvalue weighted by atomic mass is 16.5. The minimum atomic E-state index is 0.858. The van der Waals surface area contributed by atoms with E-state index in [0.717, 1.165) is 11.3 Å². The van der Waals surface area contributed by atoms with Gasteiger partial charge in [-0.1, -0.05) is 54.6 Å². The lowest BCUT2D eigenvalue weighted by Gasteiger charge is -2.11. The van der Waals surface area contributed by atoms with Crippen molar-refractivity contribution in [3.8, 4) is 28.3 Å². The normalized spacial score (nSPS) is 11.3. The summed E-state index contributed by atoms with van der Waals surface area (Å²) in [6.07, 6.45) is 0. The van der Waals surface area contributed by atoms with E-state index in [0.29, 0.717) is 0 Å². The van der Waals surface area contributed by atoms with Crippen LogP contribution in [0.3, 0.4) is 0 Å². The van der Waals surface area contributed by atoms with Crippen LogP contribution in [0.4, 0.5) is 0 Å². The Balaban J connectivity index is 1.86. The van der Waals surface area contributed by atoms with Crippen molar-refractivity contribution in [3.63, 3.8) is 0 Å². The Hall–Kier alpha value is -4.17. The van der Waals surface area contributed by atoms with Gasteiger partial charge in [0, 0.05) is 23.3 Å². The molecule has 0 N–H and O–H groups in total. The van der Waals surface area contributed by atoms with E-state index in [2.05, 4.69) is 108 Å². The maximum Gasteiger partial charge on any atom is 0.226 e. The molecule has 4 aromatic carbocycles. The molecule has 0 fully saturated rings. The van der Waals surface area contributed by atoms with Gasteiger partial charge in [-0.25, -0.2) is 0 Å². The second-order valence-corrected chi connectivity index (χ2v) is 8.01. The maximum atomic E-state index is 5.42. The van der Waals surface area contributed by atoms with Gasteiger partial charge in [-0.05, 0) is 59.3 Å². The van der Waals surface area contributed by atoms with Crippen molar-refractivity contribution in [2.45, 2.75) is 0 Å². The molecule has 152 valence electrons. The van der Waals surface area contributed by atoms with E-state index in [1.165, 1.54) is 44.0 Å². The van der Waals surface area contributed by atoms with E-state index in [1.54, 1.807) is 7.11 Å². The molecule has 0 aliphatic heterocycles. The zero-order chi connectivity index (χ0) is 21.5. The van der Waals surface area contributed by atoms with E-state index in [4.69, 9.17) is 4.74 Å². The number of fused-ring (bicyclic) bond motifs is 4. The maximum absolute atomic E-state index is 5.42. The first-order chi connectivity index (χ1) is 15.8. The number of pyridine rings is 2. The number of rotatable bonds is 3. The molecule has 6 aromatic rings. The van der Waals surface area contributed by atoms with Crippen molar-refractivity contribution in [1.82, 2.24) is 0 Å². The average molecular weight is 413 g/mol. The van der Waals surface area contributed by atoms with Gasteiger partial charge in [0.25, 0.3) is 0 Å². The minimum Gasteiger partial charge on any atom is -0.497 e. The van der Waals surface area contributed by atoms with Gasteiger partial charge in [-0.3, -0.25) is 0 Å². The third-order valence-electron chi connectivity index (χ3n) is 6.18. The van der Waals surface area contributed by atoms with E-state index in [-0.39, 0.29) is 0 Å². The number of benzene rings is 4. The predicted octanol–water partition coefficient (Wildman–Crippen LogP) is 7.07. The van der Waals surface area contributed by atoms with Crippen LogP contribution < -0.4 is 9.14 Å². The summed E-state index contributed by atoms with van der Waals surface area (Å²) in [5.41, 5.74) is 5.91. The second kappa shape index (κ2) is 7.51. The SMILES string of the molecule is COc1ccc(-c2c3ccccc3cc3c4ccccc4cc(-c4ccccc4)[n+]23)cc1. The highest BCUT2D eigenvalue weighted by Gasteiger charge is 2.24. The Kier molecular flexibility index (Phi) is 4.36. The van der Waals surface area contributed by atoms with Crippen LogP contribution in [0, 0.1) is 0 Å². The third kappa shape index (κ3) is 2.92. The van der Waals surface area contributed by atoms with Crippen LogP contribution in [0.15, 0.2) is 115 Å². The molecule has 0 saturated carbocycles. The summed E-state index contributed by atoms with van der Waals surface area (Å²) in [5.74, 6) is 0.858. The lowest BCUT2D eigenvalue weighted by atomic mass is 9.98. The van der Waals surface area contributed by atoms with Crippen LogP contribution in [0.25, 0.3) is 49.6 Å². The van der Waals surface area contributed by atoms with Crippen LogP contribution in [-0.2, 0) is 0 Å². The molecule has 0 unspecified atom stereocenters. The summed E-state index contributed by atoms with van der Waals surface area (Å²) in [6, 6.07) is 40.9. The molecule has 0 radical (unpaired) electrons. The summed E-state index contributed by atoms with van der Waals surface area (Å²) in [5, 5.41) is 4.94. The Morgan fingerprint density at radius 3 is 1.91 bits per heavy atom. The van der Waals surface area contributed by atoms with Crippen LogP contribution in [0.1, 0.15) is 0 Å². The van der Waals surface area contributed by atoms with E-state index in [9.17, 15) is 0 Å². The van der Waals surface area contributed by atoms with E-state index < -0.39 is 0 Å². The Labute approximate surface area is 187 Å². The highest BCUT2D eigenvalue weighted by molar-refractivity contribution is 6.02. The molecule has 6 rings (SSSR count). The average Bonchev–Trinajstić information content (AvgIpc) is 2.87. The molecule has 0 amide bonds. The van der Waals surface area contributed by atoms with Gasteiger partial charge in [-0.15, -0.1) is 0 Å². The molecular weight excluding hydrogens is 390 g/mol. The highest BCUT2D eigenvalue weighted by Crippen LogP contribution is 2.33. The summed E-state index contributed by atoms with van der Waals surface area (Å²) >= 11 is 0. The van der Waals surface area contributed by atoms with E-state index >= 15 is 0 Å². The molecule has 32 heavy (non-hydrogen) atoms. The first kappa shape index (κ1) is 18.6. The molecule has 2 heteroatoms. The molecule has 0 atom stereocenters. The first-order valence-electron chi connectivity index (χ1n) is 10.8. The Bertz CT molecular complexity index is 1590. The minimum absolute atomic E-state index is 0.858. The quantitative estimate of drug-likeness (QED) is 0.172. The second-order valence-electron chi connectivity index (χ2n) is 8.01. The van der Waals surface area contributed by atoms with Crippen LogP contribution in [0.2, 0.25) is 0 Å². The van der Waals surface area contributed by atoms with Crippen molar-refractivity contribution in [1.29, 1.82) is 0 Å². The number of methoxy groups -OCH3 is 1. The number of ether oxygens (including phenoxy) is 1.